The molecule has 0 saturated carbocycles. The van der Waals surface area contributed by atoms with Gasteiger partial charge >= 0.3 is 0 Å². The number of aryl methyl sites for hydroxylation is 1. The number of fused-ring (bicyclic) bond motifs is 1. The molecule has 1 aromatic rings. The van der Waals surface area contributed by atoms with Crippen LogP contribution in [0.4, 0.5) is 5.82 Å². The summed E-state index contributed by atoms with van der Waals surface area (Å²) in [7, 11) is 0. The third-order valence-electron chi connectivity index (χ3n) is 3.62. The molecular formula is C15H24N4S. The van der Waals surface area contributed by atoms with Crippen LogP contribution in [0.15, 0.2) is 6.33 Å². The summed E-state index contributed by atoms with van der Waals surface area (Å²) in [5.74, 6) is 1.68. The fraction of sp³-hybridized carbons (Fsp3) is 0.667. The molecule has 0 bridgehead atoms. The topological polar surface area (TPSA) is 55.0 Å². The van der Waals surface area contributed by atoms with Gasteiger partial charge in [-0.1, -0.05) is 26.1 Å². The second-order valence-corrected chi connectivity index (χ2v) is 6.41. The van der Waals surface area contributed by atoms with E-state index in [1.807, 2.05) is 0 Å². The maximum atomic E-state index is 5.66. The smallest absolute Gasteiger partial charge is 0.135 e. The number of aromatic nitrogens is 2. The van der Waals surface area contributed by atoms with E-state index in [1.54, 1.807) is 6.33 Å². The molecule has 0 saturated heterocycles. The molecular weight excluding hydrogens is 268 g/mol. The van der Waals surface area contributed by atoms with E-state index >= 15 is 0 Å². The zero-order valence-corrected chi connectivity index (χ0v) is 13.2. The molecule has 0 unspecified atom stereocenters. The third-order valence-corrected chi connectivity index (χ3v) is 3.82. The average Bonchev–Trinajstić information content (AvgIpc) is 2.42. The first-order valence-electron chi connectivity index (χ1n) is 7.44. The molecule has 0 amide bonds. The Hall–Kier alpha value is -1.23. The highest BCUT2D eigenvalue weighted by Crippen LogP contribution is 2.27. The summed E-state index contributed by atoms with van der Waals surface area (Å²) in [6, 6.07) is 0. The van der Waals surface area contributed by atoms with Crippen LogP contribution < -0.4 is 10.6 Å². The van der Waals surface area contributed by atoms with Crippen molar-refractivity contribution in [1.82, 2.24) is 9.97 Å². The Morgan fingerprint density at radius 3 is 2.80 bits per heavy atom. The van der Waals surface area contributed by atoms with Crippen molar-refractivity contribution in [2.45, 2.75) is 46.0 Å². The van der Waals surface area contributed by atoms with Crippen molar-refractivity contribution in [3.05, 3.63) is 17.6 Å². The molecule has 110 valence electrons. The largest absolute Gasteiger partial charge is 0.393 e. The van der Waals surface area contributed by atoms with E-state index in [2.05, 4.69) is 28.7 Å². The maximum Gasteiger partial charge on any atom is 0.135 e. The maximum absolute atomic E-state index is 5.66. The van der Waals surface area contributed by atoms with Gasteiger partial charge in [0.2, 0.25) is 0 Å². The van der Waals surface area contributed by atoms with Crippen molar-refractivity contribution in [2.24, 2.45) is 11.7 Å². The van der Waals surface area contributed by atoms with Crippen LogP contribution in [-0.2, 0) is 12.8 Å². The lowest BCUT2D eigenvalue weighted by molar-refractivity contribution is 0.598. The number of thiocarbonyl (C=S) groups is 1. The number of nitrogens with two attached hydrogens (primary N) is 1. The minimum Gasteiger partial charge on any atom is -0.393 e. The highest BCUT2D eigenvalue weighted by atomic mass is 32.1. The van der Waals surface area contributed by atoms with Crippen LogP contribution >= 0.6 is 12.2 Å². The van der Waals surface area contributed by atoms with Crippen LogP contribution in [0.25, 0.3) is 0 Å². The van der Waals surface area contributed by atoms with Gasteiger partial charge in [-0.25, -0.2) is 9.97 Å². The van der Waals surface area contributed by atoms with Crippen LogP contribution in [0.3, 0.4) is 0 Å². The van der Waals surface area contributed by atoms with Gasteiger partial charge in [0.15, 0.2) is 0 Å². The minimum absolute atomic E-state index is 0.571. The number of nitrogens with zero attached hydrogens (tertiary/aromatic N) is 3. The molecule has 0 fully saturated rings. The first-order valence-corrected chi connectivity index (χ1v) is 7.84. The number of hydrogen-bond acceptors (Lipinski definition) is 4. The molecule has 0 aliphatic heterocycles. The van der Waals surface area contributed by atoms with Crippen LogP contribution in [0.5, 0.6) is 0 Å². The van der Waals surface area contributed by atoms with Gasteiger partial charge < -0.3 is 10.6 Å². The van der Waals surface area contributed by atoms with Crippen molar-refractivity contribution in [3.63, 3.8) is 0 Å². The van der Waals surface area contributed by atoms with Crippen molar-refractivity contribution in [2.75, 3.05) is 18.0 Å². The Bertz CT molecular complexity index is 473. The Balaban J connectivity index is 2.25. The van der Waals surface area contributed by atoms with E-state index in [1.165, 1.54) is 24.1 Å². The van der Waals surface area contributed by atoms with Crippen molar-refractivity contribution in [1.29, 1.82) is 0 Å². The number of anilines is 1. The summed E-state index contributed by atoms with van der Waals surface area (Å²) in [5, 5.41) is 0. The quantitative estimate of drug-likeness (QED) is 0.816. The van der Waals surface area contributed by atoms with Crippen LogP contribution in [0.1, 0.15) is 44.4 Å². The van der Waals surface area contributed by atoms with Crippen molar-refractivity contribution >= 4 is 23.0 Å². The SMILES string of the molecule is CC(C)CN(CCC(N)=S)c1ncnc2c1CCCC2. The Morgan fingerprint density at radius 2 is 2.10 bits per heavy atom. The fourth-order valence-electron chi connectivity index (χ4n) is 2.75. The van der Waals surface area contributed by atoms with Gasteiger partial charge in [-0.3, -0.25) is 0 Å². The van der Waals surface area contributed by atoms with E-state index in [9.17, 15) is 0 Å². The van der Waals surface area contributed by atoms with Gasteiger partial charge in [0.25, 0.3) is 0 Å². The molecule has 1 aliphatic rings. The van der Waals surface area contributed by atoms with Gasteiger partial charge in [-0.15, -0.1) is 0 Å². The van der Waals surface area contributed by atoms with Crippen LogP contribution in [0.2, 0.25) is 0 Å². The van der Waals surface area contributed by atoms with E-state index in [0.29, 0.717) is 10.9 Å². The standard InChI is InChI=1S/C15H24N4S/c1-11(2)9-19(8-7-14(16)20)15-12-5-3-4-6-13(12)17-10-18-15/h10-11H,3-9H2,1-2H3,(H2,16,20). The first kappa shape index (κ1) is 15.2. The molecule has 0 atom stereocenters. The minimum atomic E-state index is 0.571. The molecule has 0 aromatic carbocycles. The van der Waals surface area contributed by atoms with Gasteiger partial charge in [0.05, 0.1) is 4.99 Å². The Labute approximate surface area is 126 Å². The van der Waals surface area contributed by atoms with Gasteiger partial charge in [-0.2, -0.15) is 0 Å². The molecule has 5 heteroatoms. The molecule has 1 heterocycles. The second kappa shape index (κ2) is 6.97. The van der Waals surface area contributed by atoms with Gasteiger partial charge in [-0.05, 0) is 31.6 Å². The summed E-state index contributed by atoms with van der Waals surface area (Å²) in [4.78, 5) is 11.9. The summed E-state index contributed by atoms with van der Waals surface area (Å²) in [6.45, 7) is 6.27. The molecule has 1 aromatic heterocycles. The van der Waals surface area contributed by atoms with Gasteiger partial charge in [0.1, 0.15) is 12.1 Å². The first-order chi connectivity index (χ1) is 9.58. The number of rotatable bonds is 6. The van der Waals surface area contributed by atoms with Crippen molar-refractivity contribution in [3.8, 4) is 0 Å². The zero-order valence-electron chi connectivity index (χ0n) is 12.4. The highest BCUT2D eigenvalue weighted by Gasteiger charge is 2.20. The molecule has 0 radical (unpaired) electrons. The van der Waals surface area contributed by atoms with Gasteiger partial charge in [0, 0.05) is 30.8 Å². The summed E-state index contributed by atoms with van der Waals surface area (Å²) in [6.07, 6.45) is 7.08. The lowest BCUT2D eigenvalue weighted by atomic mass is 9.96. The predicted molar refractivity (Wildman–Crippen MR) is 87.1 cm³/mol. The predicted octanol–water partition coefficient (Wildman–Crippen LogP) is 2.49. The number of hydrogen-bond donors (Lipinski definition) is 1. The third kappa shape index (κ3) is 3.88. The van der Waals surface area contributed by atoms with E-state index in [-0.39, 0.29) is 0 Å². The molecule has 2 N–H and O–H groups in total. The second-order valence-electron chi connectivity index (χ2n) is 5.89. The molecule has 4 nitrogen and oxygen atoms in total. The summed E-state index contributed by atoms with van der Waals surface area (Å²) >= 11 is 5.02. The van der Waals surface area contributed by atoms with Crippen LogP contribution in [0, 0.1) is 5.92 Å². The van der Waals surface area contributed by atoms with E-state index < -0.39 is 0 Å². The molecule has 20 heavy (non-hydrogen) atoms. The van der Waals surface area contributed by atoms with Crippen LogP contribution in [-0.4, -0.2) is 28.0 Å². The molecule has 1 aliphatic carbocycles. The molecule has 0 spiro atoms. The van der Waals surface area contributed by atoms with E-state index in [4.69, 9.17) is 18.0 Å². The summed E-state index contributed by atoms with van der Waals surface area (Å²) < 4.78 is 0. The highest BCUT2D eigenvalue weighted by molar-refractivity contribution is 7.80. The Morgan fingerprint density at radius 1 is 1.35 bits per heavy atom. The van der Waals surface area contributed by atoms with E-state index in [0.717, 1.165) is 38.2 Å². The van der Waals surface area contributed by atoms with Crippen molar-refractivity contribution < 1.29 is 0 Å². The molecule has 2 rings (SSSR count). The fourth-order valence-corrected chi connectivity index (χ4v) is 2.84. The Kier molecular flexibility index (Phi) is 5.29. The lowest BCUT2D eigenvalue weighted by Crippen LogP contribution is -2.33. The lowest BCUT2D eigenvalue weighted by Gasteiger charge is -2.29. The zero-order chi connectivity index (χ0) is 14.5. The average molecular weight is 292 g/mol. The normalized spacial score (nSPS) is 14.2. The monoisotopic (exact) mass is 292 g/mol. The summed E-state index contributed by atoms with van der Waals surface area (Å²) in [5.41, 5.74) is 8.22.